The van der Waals surface area contributed by atoms with Crippen molar-refractivity contribution in [1.29, 1.82) is 0 Å². The van der Waals surface area contributed by atoms with Gasteiger partial charge in [0.2, 0.25) is 11.8 Å². The minimum Gasteiger partial charge on any atom is -0.353 e. The Labute approximate surface area is 187 Å². The number of carbonyl (C=O) groups is 2. The molecule has 3 aromatic rings. The van der Waals surface area contributed by atoms with E-state index in [-0.39, 0.29) is 18.2 Å². The van der Waals surface area contributed by atoms with Gasteiger partial charge in [-0.25, -0.2) is 0 Å². The fourth-order valence-corrected chi connectivity index (χ4v) is 4.68. The lowest BCUT2D eigenvalue weighted by atomic mass is 10.0. The molecule has 0 bridgehead atoms. The van der Waals surface area contributed by atoms with Crippen molar-refractivity contribution in [2.24, 2.45) is 0 Å². The van der Waals surface area contributed by atoms with E-state index in [1.54, 1.807) is 11.3 Å². The zero-order chi connectivity index (χ0) is 21.6. The summed E-state index contributed by atoms with van der Waals surface area (Å²) in [7, 11) is 0. The number of benzene rings is 2. The normalized spacial score (nSPS) is 16.7. The molecule has 160 valence electrons. The van der Waals surface area contributed by atoms with Gasteiger partial charge in [-0.2, -0.15) is 0 Å². The summed E-state index contributed by atoms with van der Waals surface area (Å²) in [6.45, 7) is 4.53. The van der Waals surface area contributed by atoms with E-state index in [1.165, 1.54) is 16.0 Å². The fourth-order valence-electron chi connectivity index (χ4n) is 3.85. The molecule has 1 atom stereocenters. The van der Waals surface area contributed by atoms with Crippen molar-refractivity contribution in [2.75, 3.05) is 13.1 Å². The summed E-state index contributed by atoms with van der Waals surface area (Å²) in [6, 6.07) is 22.3. The lowest BCUT2D eigenvalue weighted by Gasteiger charge is -2.34. The van der Waals surface area contributed by atoms with Gasteiger partial charge in [-0.05, 0) is 35.7 Å². The Morgan fingerprint density at radius 1 is 1.06 bits per heavy atom. The molecule has 1 aliphatic heterocycles. The molecule has 31 heavy (non-hydrogen) atoms. The third-order valence-corrected chi connectivity index (χ3v) is 6.52. The van der Waals surface area contributed by atoms with Gasteiger partial charge in [0.1, 0.15) is 0 Å². The number of thiophene rings is 1. The van der Waals surface area contributed by atoms with Crippen molar-refractivity contribution >= 4 is 23.2 Å². The summed E-state index contributed by atoms with van der Waals surface area (Å²) in [5, 5.41) is 5.86. The first-order chi connectivity index (χ1) is 15.1. The quantitative estimate of drug-likeness (QED) is 0.597. The number of nitrogens with one attached hydrogen (secondary N) is 2. The molecule has 1 aromatic heterocycles. The highest BCUT2D eigenvalue weighted by Gasteiger charge is 2.31. The molecule has 2 aromatic carbocycles. The van der Waals surface area contributed by atoms with Gasteiger partial charge < -0.3 is 10.6 Å². The molecule has 4 rings (SSSR count). The standard InChI is InChI=1S/C25H27N3O2S/c1-18-7-12-22(31-18)16-27-24(29)15-23-25(30)26-13-14-28(23)17-19-8-10-21(11-9-19)20-5-3-2-4-6-20/h2-12,23H,13-17H2,1H3,(H,26,30)(H,27,29). The largest absolute Gasteiger partial charge is 0.353 e. The highest BCUT2D eigenvalue weighted by atomic mass is 32.1. The number of aryl methyl sites for hydroxylation is 1. The molecule has 2 amide bonds. The first-order valence-electron chi connectivity index (χ1n) is 10.6. The van der Waals surface area contributed by atoms with Crippen molar-refractivity contribution in [1.82, 2.24) is 15.5 Å². The van der Waals surface area contributed by atoms with Gasteiger partial charge in [0, 0.05) is 29.4 Å². The molecule has 0 aliphatic carbocycles. The fraction of sp³-hybridized carbons (Fsp3) is 0.280. The van der Waals surface area contributed by atoms with Gasteiger partial charge in [0.25, 0.3) is 0 Å². The van der Waals surface area contributed by atoms with Crippen molar-refractivity contribution in [3.8, 4) is 11.1 Å². The third kappa shape index (κ3) is 5.60. The maximum atomic E-state index is 12.5. The molecule has 1 saturated heterocycles. The molecule has 5 nitrogen and oxygen atoms in total. The summed E-state index contributed by atoms with van der Waals surface area (Å²) >= 11 is 1.67. The molecular weight excluding hydrogens is 406 g/mol. The van der Waals surface area contributed by atoms with E-state index < -0.39 is 6.04 Å². The van der Waals surface area contributed by atoms with Crippen LogP contribution in [0.4, 0.5) is 0 Å². The second-order valence-corrected chi connectivity index (χ2v) is 9.21. The molecule has 6 heteroatoms. The van der Waals surface area contributed by atoms with Crippen LogP contribution in [-0.2, 0) is 22.7 Å². The Bertz CT molecular complexity index is 1030. The van der Waals surface area contributed by atoms with Crippen LogP contribution in [0.25, 0.3) is 11.1 Å². The zero-order valence-electron chi connectivity index (χ0n) is 17.6. The van der Waals surface area contributed by atoms with Crippen LogP contribution in [0.5, 0.6) is 0 Å². The number of rotatable bonds is 7. The van der Waals surface area contributed by atoms with Crippen molar-refractivity contribution in [3.63, 3.8) is 0 Å². The van der Waals surface area contributed by atoms with Gasteiger partial charge >= 0.3 is 0 Å². The summed E-state index contributed by atoms with van der Waals surface area (Å²) in [6.07, 6.45) is 0.165. The molecule has 2 heterocycles. The van der Waals surface area contributed by atoms with E-state index in [1.807, 2.05) is 37.3 Å². The van der Waals surface area contributed by atoms with Crippen LogP contribution >= 0.6 is 11.3 Å². The summed E-state index contributed by atoms with van der Waals surface area (Å²) in [5.41, 5.74) is 3.48. The van der Waals surface area contributed by atoms with Crippen LogP contribution in [0.15, 0.2) is 66.7 Å². The minimum absolute atomic E-state index is 0.0747. The first kappa shape index (κ1) is 21.3. The SMILES string of the molecule is Cc1ccc(CNC(=O)CC2C(=O)NCCN2Cc2ccc(-c3ccccc3)cc2)s1. The van der Waals surface area contributed by atoms with Gasteiger partial charge in [0.05, 0.1) is 19.0 Å². The minimum atomic E-state index is -0.451. The molecule has 0 radical (unpaired) electrons. The number of carbonyl (C=O) groups excluding carboxylic acids is 2. The summed E-state index contributed by atoms with van der Waals surface area (Å²) in [5.74, 6) is -0.174. The Kier molecular flexibility index (Phi) is 6.79. The second-order valence-electron chi connectivity index (χ2n) is 7.83. The Morgan fingerprint density at radius 2 is 1.81 bits per heavy atom. The smallest absolute Gasteiger partial charge is 0.237 e. The van der Waals surface area contributed by atoms with Crippen LogP contribution in [0, 0.1) is 6.92 Å². The van der Waals surface area contributed by atoms with Crippen molar-refractivity contribution in [2.45, 2.75) is 32.5 Å². The molecular formula is C25H27N3O2S. The van der Waals surface area contributed by atoms with E-state index in [4.69, 9.17) is 0 Å². The Balaban J connectivity index is 1.38. The van der Waals surface area contributed by atoms with Crippen LogP contribution in [-0.4, -0.2) is 35.8 Å². The van der Waals surface area contributed by atoms with E-state index >= 15 is 0 Å². The zero-order valence-corrected chi connectivity index (χ0v) is 18.5. The Morgan fingerprint density at radius 3 is 2.52 bits per heavy atom. The first-order valence-corrected chi connectivity index (χ1v) is 11.4. The monoisotopic (exact) mass is 433 g/mol. The maximum Gasteiger partial charge on any atom is 0.237 e. The predicted molar refractivity (Wildman–Crippen MR) is 125 cm³/mol. The van der Waals surface area contributed by atoms with E-state index in [0.717, 1.165) is 17.0 Å². The molecule has 1 aliphatic rings. The van der Waals surface area contributed by atoms with E-state index in [9.17, 15) is 9.59 Å². The topological polar surface area (TPSA) is 61.4 Å². The third-order valence-electron chi connectivity index (χ3n) is 5.52. The van der Waals surface area contributed by atoms with Crippen LogP contribution in [0.1, 0.15) is 21.7 Å². The average molecular weight is 434 g/mol. The number of hydrogen-bond donors (Lipinski definition) is 2. The number of amides is 2. The molecule has 1 fully saturated rings. The average Bonchev–Trinajstić information content (AvgIpc) is 3.21. The van der Waals surface area contributed by atoms with Crippen molar-refractivity contribution in [3.05, 3.63) is 82.0 Å². The summed E-state index contributed by atoms with van der Waals surface area (Å²) in [4.78, 5) is 29.5. The van der Waals surface area contributed by atoms with E-state index in [0.29, 0.717) is 19.6 Å². The lowest BCUT2D eigenvalue weighted by Crippen LogP contribution is -2.56. The molecule has 0 spiro atoms. The highest BCUT2D eigenvalue weighted by molar-refractivity contribution is 7.11. The lowest BCUT2D eigenvalue weighted by molar-refractivity contribution is -0.134. The van der Waals surface area contributed by atoms with E-state index in [2.05, 4.69) is 51.9 Å². The van der Waals surface area contributed by atoms with Gasteiger partial charge in [0.15, 0.2) is 0 Å². The molecule has 2 N–H and O–H groups in total. The number of nitrogens with zero attached hydrogens (tertiary/aromatic N) is 1. The highest BCUT2D eigenvalue weighted by Crippen LogP contribution is 2.21. The van der Waals surface area contributed by atoms with Crippen LogP contribution in [0.3, 0.4) is 0 Å². The Hall–Kier alpha value is -2.96. The van der Waals surface area contributed by atoms with Crippen molar-refractivity contribution < 1.29 is 9.59 Å². The van der Waals surface area contributed by atoms with Gasteiger partial charge in [-0.15, -0.1) is 11.3 Å². The second kappa shape index (κ2) is 9.90. The van der Waals surface area contributed by atoms with Gasteiger partial charge in [-0.1, -0.05) is 54.6 Å². The van der Waals surface area contributed by atoms with Gasteiger partial charge in [-0.3, -0.25) is 14.5 Å². The van der Waals surface area contributed by atoms with Crippen LogP contribution in [0.2, 0.25) is 0 Å². The van der Waals surface area contributed by atoms with Crippen LogP contribution < -0.4 is 10.6 Å². The molecule has 0 saturated carbocycles. The summed E-state index contributed by atoms with van der Waals surface area (Å²) < 4.78 is 0. The number of hydrogen-bond acceptors (Lipinski definition) is 4. The number of piperazine rings is 1. The predicted octanol–water partition coefficient (Wildman–Crippen LogP) is 3.73. The molecule has 1 unspecified atom stereocenters. The maximum absolute atomic E-state index is 12.5.